The van der Waals surface area contributed by atoms with Gasteiger partial charge >= 0.3 is 0 Å². The molecule has 0 aliphatic rings. The molecule has 0 atom stereocenters. The Kier molecular flexibility index (Phi) is 6.43. The normalized spacial score (nSPS) is 10.4. The maximum absolute atomic E-state index is 11.4. The first-order valence-corrected chi connectivity index (χ1v) is 7.37. The highest BCUT2D eigenvalue weighted by Crippen LogP contribution is 2.25. The quantitative estimate of drug-likeness (QED) is 0.645. The summed E-state index contributed by atoms with van der Waals surface area (Å²) in [4.78, 5) is 20.1. The van der Waals surface area contributed by atoms with Gasteiger partial charge in [0, 0.05) is 18.5 Å². The number of aryl methyl sites for hydroxylation is 1. The van der Waals surface area contributed by atoms with E-state index in [1.165, 1.54) is 11.8 Å². The van der Waals surface area contributed by atoms with Crippen molar-refractivity contribution in [3.05, 3.63) is 16.5 Å². The summed E-state index contributed by atoms with van der Waals surface area (Å²) in [6.07, 6.45) is 1.77. The lowest BCUT2D eigenvalue weighted by Gasteiger charge is -2.08. The van der Waals surface area contributed by atoms with Gasteiger partial charge in [0.05, 0.1) is 5.75 Å². The Bertz CT molecular complexity index is 426. The highest BCUT2D eigenvalue weighted by molar-refractivity contribution is 7.99. The summed E-state index contributed by atoms with van der Waals surface area (Å²) in [7, 11) is 0. The van der Waals surface area contributed by atoms with Crippen LogP contribution in [0.1, 0.15) is 31.7 Å². The fourth-order valence-corrected chi connectivity index (χ4v) is 2.47. The van der Waals surface area contributed by atoms with Gasteiger partial charge in [0.25, 0.3) is 0 Å². The molecule has 1 amide bonds. The molecule has 0 radical (unpaired) electrons. The van der Waals surface area contributed by atoms with Crippen molar-refractivity contribution in [2.24, 2.45) is 0 Å². The molecular weight excluding hydrogens is 270 g/mol. The molecule has 100 valence electrons. The van der Waals surface area contributed by atoms with Gasteiger partial charge in [0.2, 0.25) is 5.91 Å². The maximum atomic E-state index is 11.4. The van der Waals surface area contributed by atoms with E-state index in [1.54, 1.807) is 0 Å². The number of carbonyl (C=O) groups is 1. The van der Waals surface area contributed by atoms with Crippen molar-refractivity contribution >= 4 is 29.3 Å². The molecule has 0 bridgehead atoms. The van der Waals surface area contributed by atoms with Gasteiger partial charge in [-0.3, -0.25) is 4.79 Å². The van der Waals surface area contributed by atoms with Gasteiger partial charge in [0.1, 0.15) is 16.0 Å². The minimum absolute atomic E-state index is 0.00803. The maximum Gasteiger partial charge on any atom is 0.230 e. The van der Waals surface area contributed by atoms with Gasteiger partial charge < -0.3 is 5.32 Å². The van der Waals surface area contributed by atoms with Crippen LogP contribution in [0, 0.1) is 6.92 Å². The van der Waals surface area contributed by atoms with Crippen molar-refractivity contribution in [2.75, 3.05) is 12.3 Å². The van der Waals surface area contributed by atoms with E-state index in [1.807, 2.05) is 13.8 Å². The van der Waals surface area contributed by atoms with E-state index >= 15 is 0 Å². The van der Waals surface area contributed by atoms with Crippen LogP contribution in [0.25, 0.3) is 0 Å². The van der Waals surface area contributed by atoms with Crippen LogP contribution >= 0.6 is 23.4 Å². The molecule has 0 saturated carbocycles. The van der Waals surface area contributed by atoms with E-state index in [0.717, 1.165) is 29.3 Å². The van der Waals surface area contributed by atoms with E-state index in [4.69, 9.17) is 11.6 Å². The summed E-state index contributed by atoms with van der Waals surface area (Å²) in [5.41, 5.74) is 0.839. The molecule has 4 nitrogen and oxygen atoms in total. The molecule has 0 aliphatic carbocycles. The third kappa shape index (κ3) is 4.46. The summed E-state index contributed by atoms with van der Waals surface area (Å²) in [6.45, 7) is 6.48. The Morgan fingerprint density at radius 1 is 1.39 bits per heavy atom. The molecule has 0 unspecified atom stereocenters. The van der Waals surface area contributed by atoms with Crippen molar-refractivity contribution < 1.29 is 4.79 Å². The smallest absolute Gasteiger partial charge is 0.230 e. The number of nitrogens with zero attached hydrogens (tertiary/aromatic N) is 2. The van der Waals surface area contributed by atoms with Gasteiger partial charge in [0.15, 0.2) is 0 Å². The Morgan fingerprint density at radius 3 is 2.72 bits per heavy atom. The second kappa shape index (κ2) is 7.59. The van der Waals surface area contributed by atoms with E-state index in [2.05, 4.69) is 22.2 Å². The summed E-state index contributed by atoms with van der Waals surface area (Å²) in [6, 6.07) is 0. The third-order valence-electron chi connectivity index (χ3n) is 2.28. The number of hydrogen-bond acceptors (Lipinski definition) is 4. The van der Waals surface area contributed by atoms with Gasteiger partial charge in [-0.25, -0.2) is 9.97 Å². The predicted octanol–water partition coefficient (Wildman–Crippen LogP) is 2.62. The lowest BCUT2D eigenvalue weighted by Crippen LogP contribution is -2.24. The zero-order chi connectivity index (χ0) is 13.5. The number of rotatable bonds is 6. The SMILES string of the molecule is CCCc1nc(Cl)c(C)c(SCC(=O)NCC)n1. The van der Waals surface area contributed by atoms with E-state index in [0.29, 0.717) is 17.5 Å². The summed E-state index contributed by atoms with van der Waals surface area (Å²) >= 11 is 7.47. The zero-order valence-electron chi connectivity index (χ0n) is 10.9. The Balaban J connectivity index is 2.77. The summed E-state index contributed by atoms with van der Waals surface area (Å²) in [5.74, 6) is 1.10. The van der Waals surface area contributed by atoms with Crippen molar-refractivity contribution in [2.45, 2.75) is 38.6 Å². The summed E-state index contributed by atoms with van der Waals surface area (Å²) in [5, 5.41) is 4.03. The van der Waals surface area contributed by atoms with Crippen molar-refractivity contribution in [3.8, 4) is 0 Å². The van der Waals surface area contributed by atoms with E-state index < -0.39 is 0 Å². The lowest BCUT2D eigenvalue weighted by atomic mass is 10.3. The van der Waals surface area contributed by atoms with Gasteiger partial charge in [-0.2, -0.15) is 0 Å². The molecule has 1 heterocycles. The molecule has 6 heteroatoms. The number of amides is 1. The van der Waals surface area contributed by atoms with Crippen LogP contribution in [0.5, 0.6) is 0 Å². The first kappa shape index (κ1) is 15.2. The van der Waals surface area contributed by atoms with Crippen LogP contribution < -0.4 is 5.32 Å². The predicted molar refractivity (Wildman–Crippen MR) is 75.2 cm³/mol. The number of thioether (sulfide) groups is 1. The molecule has 18 heavy (non-hydrogen) atoms. The topological polar surface area (TPSA) is 54.9 Å². The molecule has 0 fully saturated rings. The van der Waals surface area contributed by atoms with Crippen LogP contribution in [-0.2, 0) is 11.2 Å². The van der Waals surface area contributed by atoms with Crippen LogP contribution in [0.3, 0.4) is 0 Å². The highest BCUT2D eigenvalue weighted by Gasteiger charge is 2.11. The monoisotopic (exact) mass is 287 g/mol. The van der Waals surface area contributed by atoms with Crippen LogP contribution in [-0.4, -0.2) is 28.2 Å². The number of aromatic nitrogens is 2. The van der Waals surface area contributed by atoms with E-state index in [9.17, 15) is 4.79 Å². The third-order valence-corrected chi connectivity index (χ3v) is 3.72. The second-order valence-electron chi connectivity index (χ2n) is 3.85. The molecule has 1 aromatic rings. The fraction of sp³-hybridized carbons (Fsp3) is 0.583. The largest absolute Gasteiger partial charge is 0.356 e. The molecule has 1 rings (SSSR count). The van der Waals surface area contributed by atoms with Gasteiger partial charge in [-0.05, 0) is 20.3 Å². The van der Waals surface area contributed by atoms with Crippen LogP contribution in [0.15, 0.2) is 5.03 Å². The molecule has 0 spiro atoms. The number of halogens is 1. The molecule has 0 aliphatic heterocycles. The first-order valence-electron chi connectivity index (χ1n) is 6.01. The van der Waals surface area contributed by atoms with Crippen LogP contribution in [0.2, 0.25) is 5.15 Å². The van der Waals surface area contributed by atoms with Crippen molar-refractivity contribution in [3.63, 3.8) is 0 Å². The van der Waals surface area contributed by atoms with Gasteiger partial charge in [-0.1, -0.05) is 30.3 Å². The van der Waals surface area contributed by atoms with Crippen molar-refractivity contribution in [1.82, 2.24) is 15.3 Å². The van der Waals surface area contributed by atoms with Gasteiger partial charge in [-0.15, -0.1) is 0 Å². The Morgan fingerprint density at radius 2 is 2.11 bits per heavy atom. The Labute approximate surface area is 117 Å². The van der Waals surface area contributed by atoms with E-state index in [-0.39, 0.29) is 5.91 Å². The number of carbonyl (C=O) groups excluding carboxylic acids is 1. The average molecular weight is 288 g/mol. The number of nitrogens with one attached hydrogen (secondary N) is 1. The summed E-state index contributed by atoms with van der Waals surface area (Å²) < 4.78 is 0. The molecule has 1 N–H and O–H groups in total. The molecular formula is C12H18ClN3OS. The first-order chi connectivity index (χ1) is 8.58. The standard InChI is InChI=1S/C12H18ClN3OS/c1-4-6-9-15-11(13)8(3)12(16-9)18-7-10(17)14-5-2/h4-7H2,1-3H3,(H,14,17). The molecule has 1 aromatic heterocycles. The fourth-order valence-electron chi connectivity index (χ4n) is 1.37. The average Bonchev–Trinajstić information content (AvgIpc) is 2.32. The highest BCUT2D eigenvalue weighted by atomic mass is 35.5. The second-order valence-corrected chi connectivity index (χ2v) is 5.18. The minimum atomic E-state index is 0.00803. The Hall–Kier alpha value is -0.810. The lowest BCUT2D eigenvalue weighted by molar-refractivity contribution is -0.118. The van der Waals surface area contributed by atoms with Crippen molar-refractivity contribution in [1.29, 1.82) is 0 Å². The molecule has 0 aromatic carbocycles. The molecule has 0 saturated heterocycles. The minimum Gasteiger partial charge on any atom is -0.356 e. The van der Waals surface area contributed by atoms with Crippen LogP contribution in [0.4, 0.5) is 0 Å². The zero-order valence-corrected chi connectivity index (χ0v) is 12.5. The number of hydrogen-bond donors (Lipinski definition) is 1.